The van der Waals surface area contributed by atoms with Crippen molar-refractivity contribution in [1.29, 1.82) is 0 Å². The number of benzene rings is 4. The normalized spacial score (nSPS) is 11.1. The SMILES string of the molecule is CCc1cc(O)c2cc(-c3ccc(OCOCCOC)c(Cc4ccccc4)c3)cc(OC)c2c1. The van der Waals surface area contributed by atoms with E-state index < -0.39 is 0 Å². The fourth-order valence-electron chi connectivity index (χ4n) is 4.17. The monoisotopic (exact) mass is 472 g/mol. The third kappa shape index (κ3) is 5.94. The second-order valence-corrected chi connectivity index (χ2v) is 8.39. The lowest BCUT2D eigenvalue weighted by Gasteiger charge is -2.16. The molecule has 0 aromatic heterocycles. The van der Waals surface area contributed by atoms with Crippen molar-refractivity contribution < 1.29 is 24.1 Å². The van der Waals surface area contributed by atoms with Gasteiger partial charge in [0, 0.05) is 24.3 Å². The molecule has 0 heterocycles. The Kier molecular flexibility index (Phi) is 8.24. The van der Waals surface area contributed by atoms with E-state index in [-0.39, 0.29) is 12.5 Å². The van der Waals surface area contributed by atoms with Crippen molar-refractivity contribution in [2.45, 2.75) is 19.8 Å². The van der Waals surface area contributed by atoms with Gasteiger partial charge in [0.15, 0.2) is 6.79 Å². The Bertz CT molecular complexity index is 1270. The first-order valence-electron chi connectivity index (χ1n) is 11.8. The molecule has 0 amide bonds. The van der Waals surface area contributed by atoms with Crippen LogP contribution in [0.5, 0.6) is 17.2 Å². The summed E-state index contributed by atoms with van der Waals surface area (Å²) < 4.78 is 22.2. The molecular formula is C30H32O5. The van der Waals surface area contributed by atoms with Gasteiger partial charge in [-0.1, -0.05) is 43.3 Å². The van der Waals surface area contributed by atoms with Gasteiger partial charge in [-0.2, -0.15) is 0 Å². The largest absolute Gasteiger partial charge is 0.507 e. The molecule has 0 bridgehead atoms. The lowest BCUT2D eigenvalue weighted by molar-refractivity contribution is -0.00882. The molecule has 4 aromatic rings. The Morgan fingerprint density at radius 2 is 1.57 bits per heavy atom. The van der Waals surface area contributed by atoms with Crippen LogP contribution in [-0.2, 0) is 22.3 Å². The summed E-state index contributed by atoms with van der Waals surface area (Å²) in [4.78, 5) is 0. The van der Waals surface area contributed by atoms with Crippen molar-refractivity contribution in [3.8, 4) is 28.4 Å². The van der Waals surface area contributed by atoms with Crippen LogP contribution in [0, 0.1) is 0 Å². The predicted octanol–water partition coefficient (Wildman–Crippen LogP) is 6.37. The molecule has 4 rings (SSSR count). The minimum Gasteiger partial charge on any atom is -0.507 e. The van der Waals surface area contributed by atoms with Gasteiger partial charge in [-0.15, -0.1) is 0 Å². The third-order valence-electron chi connectivity index (χ3n) is 6.06. The minimum absolute atomic E-state index is 0.155. The Hall–Kier alpha value is -3.54. The summed E-state index contributed by atoms with van der Waals surface area (Å²) in [7, 11) is 3.31. The molecule has 0 aliphatic carbocycles. The Morgan fingerprint density at radius 1 is 0.743 bits per heavy atom. The maximum Gasteiger partial charge on any atom is 0.189 e. The van der Waals surface area contributed by atoms with Crippen LogP contribution in [0.25, 0.3) is 21.9 Å². The Balaban J connectivity index is 1.72. The van der Waals surface area contributed by atoms with E-state index in [2.05, 4.69) is 31.2 Å². The van der Waals surface area contributed by atoms with Crippen molar-refractivity contribution in [3.63, 3.8) is 0 Å². The van der Waals surface area contributed by atoms with Crippen molar-refractivity contribution >= 4 is 10.8 Å². The van der Waals surface area contributed by atoms with Crippen LogP contribution in [-0.4, -0.2) is 39.3 Å². The van der Waals surface area contributed by atoms with Gasteiger partial charge in [-0.25, -0.2) is 0 Å². The molecule has 0 saturated heterocycles. The van der Waals surface area contributed by atoms with E-state index in [1.807, 2.05) is 48.5 Å². The van der Waals surface area contributed by atoms with E-state index in [9.17, 15) is 5.11 Å². The smallest absolute Gasteiger partial charge is 0.189 e. The second kappa shape index (κ2) is 11.7. The molecule has 0 spiro atoms. The number of ether oxygens (including phenoxy) is 4. The van der Waals surface area contributed by atoms with Gasteiger partial charge < -0.3 is 24.1 Å². The summed E-state index contributed by atoms with van der Waals surface area (Å²) in [6.45, 7) is 3.22. The summed E-state index contributed by atoms with van der Waals surface area (Å²) in [6, 6.07) is 24.4. The zero-order valence-electron chi connectivity index (χ0n) is 20.5. The first-order valence-corrected chi connectivity index (χ1v) is 11.8. The first-order chi connectivity index (χ1) is 17.1. The van der Waals surface area contributed by atoms with E-state index >= 15 is 0 Å². The molecule has 5 nitrogen and oxygen atoms in total. The number of rotatable bonds is 11. The number of hydrogen-bond donors (Lipinski definition) is 1. The highest BCUT2D eigenvalue weighted by molar-refractivity contribution is 5.97. The summed E-state index contributed by atoms with van der Waals surface area (Å²) >= 11 is 0. The molecule has 182 valence electrons. The van der Waals surface area contributed by atoms with Crippen LogP contribution in [0.2, 0.25) is 0 Å². The van der Waals surface area contributed by atoms with Gasteiger partial charge >= 0.3 is 0 Å². The quantitative estimate of drug-likeness (QED) is 0.203. The number of hydrogen-bond acceptors (Lipinski definition) is 5. The molecular weight excluding hydrogens is 440 g/mol. The molecule has 0 saturated carbocycles. The summed E-state index contributed by atoms with van der Waals surface area (Å²) in [5.41, 5.74) is 5.29. The molecule has 0 aliphatic rings. The number of phenolic OH excluding ortho intramolecular Hbond substituents is 1. The predicted molar refractivity (Wildman–Crippen MR) is 140 cm³/mol. The highest BCUT2D eigenvalue weighted by Crippen LogP contribution is 2.39. The molecule has 1 N–H and O–H groups in total. The van der Waals surface area contributed by atoms with Crippen LogP contribution >= 0.6 is 0 Å². The number of fused-ring (bicyclic) bond motifs is 1. The zero-order chi connectivity index (χ0) is 24.6. The highest BCUT2D eigenvalue weighted by Gasteiger charge is 2.13. The van der Waals surface area contributed by atoms with E-state index in [1.165, 1.54) is 5.56 Å². The average molecular weight is 473 g/mol. The standard InChI is InChI=1S/C30H32O5/c1-4-21-15-27-26(28(31)16-21)18-24(19-30(27)33-3)23-10-11-29(35-20-34-13-12-32-2)25(17-23)14-22-8-6-5-7-9-22/h5-11,15-19,31H,4,12-14,20H2,1-3H3. The molecule has 4 aromatic carbocycles. The van der Waals surface area contributed by atoms with E-state index in [1.54, 1.807) is 14.2 Å². The molecule has 0 atom stereocenters. The van der Waals surface area contributed by atoms with E-state index in [4.69, 9.17) is 18.9 Å². The fourth-order valence-corrected chi connectivity index (χ4v) is 4.17. The summed E-state index contributed by atoms with van der Waals surface area (Å²) in [5.74, 6) is 1.77. The Morgan fingerprint density at radius 3 is 2.31 bits per heavy atom. The Labute approximate surface area is 206 Å². The van der Waals surface area contributed by atoms with Crippen molar-refractivity contribution in [2.24, 2.45) is 0 Å². The summed E-state index contributed by atoms with van der Waals surface area (Å²) in [6.07, 6.45) is 1.56. The minimum atomic E-state index is 0.155. The highest BCUT2D eigenvalue weighted by atomic mass is 16.7. The van der Waals surface area contributed by atoms with Gasteiger partial charge in [-0.3, -0.25) is 0 Å². The molecule has 0 fully saturated rings. The number of methoxy groups -OCH3 is 2. The van der Waals surface area contributed by atoms with Gasteiger partial charge in [0.2, 0.25) is 0 Å². The van der Waals surface area contributed by atoms with Crippen molar-refractivity contribution in [1.82, 2.24) is 0 Å². The van der Waals surface area contributed by atoms with Crippen LogP contribution in [0.3, 0.4) is 0 Å². The lowest BCUT2D eigenvalue weighted by atomic mass is 9.95. The molecule has 0 aliphatic heterocycles. The molecule has 5 heteroatoms. The van der Waals surface area contributed by atoms with E-state index in [0.29, 0.717) is 13.2 Å². The third-order valence-corrected chi connectivity index (χ3v) is 6.06. The van der Waals surface area contributed by atoms with Crippen molar-refractivity contribution in [3.05, 3.63) is 89.5 Å². The molecule has 35 heavy (non-hydrogen) atoms. The topological polar surface area (TPSA) is 57.2 Å². The van der Waals surface area contributed by atoms with Crippen LogP contribution < -0.4 is 9.47 Å². The second-order valence-electron chi connectivity index (χ2n) is 8.39. The maximum absolute atomic E-state index is 10.7. The van der Waals surface area contributed by atoms with Gasteiger partial charge in [0.05, 0.1) is 20.3 Å². The molecule has 0 unspecified atom stereocenters. The first kappa shape index (κ1) is 24.6. The number of phenols is 1. The van der Waals surface area contributed by atoms with Gasteiger partial charge in [-0.05, 0) is 70.6 Å². The molecule has 0 radical (unpaired) electrons. The van der Waals surface area contributed by atoms with Crippen LogP contribution in [0.15, 0.2) is 72.8 Å². The van der Waals surface area contributed by atoms with Gasteiger partial charge in [0.25, 0.3) is 0 Å². The van der Waals surface area contributed by atoms with Crippen molar-refractivity contribution in [2.75, 3.05) is 34.2 Å². The lowest BCUT2D eigenvalue weighted by Crippen LogP contribution is -2.09. The average Bonchev–Trinajstić information content (AvgIpc) is 2.89. The number of aryl methyl sites for hydroxylation is 1. The summed E-state index contributed by atoms with van der Waals surface area (Å²) in [5, 5.41) is 12.4. The van der Waals surface area contributed by atoms with Crippen LogP contribution in [0.4, 0.5) is 0 Å². The number of aromatic hydroxyl groups is 1. The maximum atomic E-state index is 10.7. The van der Waals surface area contributed by atoms with Gasteiger partial charge in [0.1, 0.15) is 17.2 Å². The fraction of sp³-hybridized carbons (Fsp3) is 0.267. The zero-order valence-corrected chi connectivity index (χ0v) is 20.5. The van der Waals surface area contributed by atoms with E-state index in [0.717, 1.165) is 57.4 Å². The van der Waals surface area contributed by atoms with Crippen LogP contribution in [0.1, 0.15) is 23.6 Å².